The van der Waals surface area contributed by atoms with Gasteiger partial charge in [-0.05, 0) is 30.5 Å². The maximum atomic E-state index is 10.6. The minimum Gasteiger partial charge on any atom is -0.481 e. The van der Waals surface area contributed by atoms with Crippen molar-refractivity contribution in [2.24, 2.45) is 5.92 Å². The highest BCUT2D eigenvalue weighted by atomic mass is 16.4. The van der Waals surface area contributed by atoms with Gasteiger partial charge in [0, 0.05) is 5.69 Å². The minimum atomic E-state index is -0.736. The number of benzene rings is 1. The number of rotatable bonds is 4. The minimum absolute atomic E-state index is 0.285. The van der Waals surface area contributed by atoms with Crippen molar-refractivity contribution < 1.29 is 9.90 Å². The number of nitrogen functional groups attached to an aromatic ring is 1. The molecule has 3 N–H and O–H groups in total. The molecule has 0 unspecified atom stereocenters. The van der Waals surface area contributed by atoms with E-state index in [4.69, 9.17) is 10.8 Å². The van der Waals surface area contributed by atoms with Gasteiger partial charge in [0.1, 0.15) is 0 Å². The molecule has 3 heteroatoms. The molecular formula is C11H15NO2. The summed E-state index contributed by atoms with van der Waals surface area (Å²) in [5.41, 5.74) is 7.40. The van der Waals surface area contributed by atoms with Crippen LogP contribution < -0.4 is 5.73 Å². The first-order valence-corrected chi connectivity index (χ1v) is 4.67. The van der Waals surface area contributed by atoms with Crippen LogP contribution in [0.5, 0.6) is 0 Å². The van der Waals surface area contributed by atoms with Crippen LogP contribution in [0.1, 0.15) is 18.9 Å². The molecule has 0 aliphatic carbocycles. The third-order valence-electron chi connectivity index (χ3n) is 2.27. The first kappa shape index (κ1) is 10.6. The van der Waals surface area contributed by atoms with Gasteiger partial charge in [0.05, 0.1) is 5.92 Å². The summed E-state index contributed by atoms with van der Waals surface area (Å²) in [6, 6.07) is 7.54. The van der Waals surface area contributed by atoms with Crippen molar-refractivity contribution in [3.63, 3.8) is 0 Å². The maximum Gasteiger partial charge on any atom is 0.306 e. The zero-order valence-corrected chi connectivity index (χ0v) is 8.23. The van der Waals surface area contributed by atoms with Crippen molar-refractivity contribution in [3.05, 3.63) is 29.8 Å². The average Bonchev–Trinajstić information content (AvgIpc) is 2.16. The summed E-state index contributed by atoms with van der Waals surface area (Å²) in [4.78, 5) is 10.6. The van der Waals surface area contributed by atoms with Gasteiger partial charge in [0.15, 0.2) is 0 Å². The van der Waals surface area contributed by atoms with E-state index in [1.807, 2.05) is 24.3 Å². The number of aryl methyl sites for hydroxylation is 1. The van der Waals surface area contributed by atoms with Crippen molar-refractivity contribution in [3.8, 4) is 0 Å². The Balaban J connectivity index is 2.46. The predicted octanol–water partition coefficient (Wildman–Crippen LogP) is 1.92. The molecule has 1 aromatic rings. The van der Waals surface area contributed by atoms with Crippen molar-refractivity contribution in [1.29, 1.82) is 0 Å². The highest BCUT2D eigenvalue weighted by molar-refractivity contribution is 5.69. The lowest BCUT2D eigenvalue weighted by molar-refractivity contribution is -0.141. The second-order valence-electron chi connectivity index (χ2n) is 3.52. The average molecular weight is 193 g/mol. The van der Waals surface area contributed by atoms with Crippen LogP contribution in [0, 0.1) is 5.92 Å². The molecule has 0 aromatic heterocycles. The van der Waals surface area contributed by atoms with Crippen LogP contribution in [-0.2, 0) is 11.2 Å². The lowest BCUT2D eigenvalue weighted by Crippen LogP contribution is -2.10. The van der Waals surface area contributed by atoms with E-state index in [0.717, 1.165) is 17.7 Å². The number of hydrogen-bond acceptors (Lipinski definition) is 2. The topological polar surface area (TPSA) is 63.3 Å². The van der Waals surface area contributed by atoms with E-state index in [-0.39, 0.29) is 5.92 Å². The highest BCUT2D eigenvalue weighted by Gasteiger charge is 2.09. The molecule has 0 amide bonds. The summed E-state index contributed by atoms with van der Waals surface area (Å²) in [6.07, 6.45) is 1.45. The second kappa shape index (κ2) is 4.65. The van der Waals surface area contributed by atoms with Crippen LogP contribution in [0.3, 0.4) is 0 Å². The number of carboxylic acids is 1. The molecule has 0 heterocycles. The third kappa shape index (κ3) is 3.09. The lowest BCUT2D eigenvalue weighted by atomic mass is 10.0. The molecule has 14 heavy (non-hydrogen) atoms. The van der Waals surface area contributed by atoms with Crippen LogP contribution in [0.2, 0.25) is 0 Å². The van der Waals surface area contributed by atoms with Crippen LogP contribution >= 0.6 is 0 Å². The van der Waals surface area contributed by atoms with Crippen molar-refractivity contribution in [1.82, 2.24) is 0 Å². The summed E-state index contributed by atoms with van der Waals surface area (Å²) in [7, 11) is 0. The van der Waals surface area contributed by atoms with E-state index in [0.29, 0.717) is 6.42 Å². The molecule has 1 rings (SSSR count). The number of aliphatic carboxylic acids is 1. The van der Waals surface area contributed by atoms with Gasteiger partial charge in [-0.15, -0.1) is 0 Å². The maximum absolute atomic E-state index is 10.6. The first-order valence-electron chi connectivity index (χ1n) is 4.67. The number of carboxylic acid groups (broad SMARTS) is 1. The number of hydrogen-bond donors (Lipinski definition) is 2. The fourth-order valence-corrected chi connectivity index (χ4v) is 1.19. The van der Waals surface area contributed by atoms with Gasteiger partial charge < -0.3 is 10.8 Å². The predicted molar refractivity (Wildman–Crippen MR) is 56.0 cm³/mol. The normalized spacial score (nSPS) is 12.4. The summed E-state index contributed by atoms with van der Waals surface area (Å²) in [6.45, 7) is 1.72. The second-order valence-corrected chi connectivity index (χ2v) is 3.52. The molecule has 0 saturated carbocycles. The summed E-state index contributed by atoms with van der Waals surface area (Å²) in [5.74, 6) is -1.02. The van der Waals surface area contributed by atoms with E-state index in [1.165, 1.54) is 0 Å². The van der Waals surface area contributed by atoms with Crippen LogP contribution in [0.25, 0.3) is 0 Å². The number of nitrogens with two attached hydrogens (primary N) is 1. The smallest absolute Gasteiger partial charge is 0.306 e. The van der Waals surface area contributed by atoms with Gasteiger partial charge in [0.25, 0.3) is 0 Å². The number of anilines is 1. The quantitative estimate of drug-likeness (QED) is 0.718. The van der Waals surface area contributed by atoms with E-state index in [2.05, 4.69) is 0 Å². The van der Waals surface area contributed by atoms with Gasteiger partial charge in [-0.25, -0.2) is 0 Å². The van der Waals surface area contributed by atoms with Gasteiger partial charge >= 0.3 is 5.97 Å². The summed E-state index contributed by atoms with van der Waals surface area (Å²) < 4.78 is 0. The molecule has 76 valence electrons. The summed E-state index contributed by atoms with van der Waals surface area (Å²) >= 11 is 0. The van der Waals surface area contributed by atoms with Gasteiger partial charge in [-0.2, -0.15) is 0 Å². The van der Waals surface area contributed by atoms with Crippen molar-refractivity contribution >= 4 is 11.7 Å². The molecule has 0 aliphatic rings. The molecule has 3 nitrogen and oxygen atoms in total. The molecule has 0 radical (unpaired) electrons. The molecule has 1 aromatic carbocycles. The van der Waals surface area contributed by atoms with Gasteiger partial charge in [-0.3, -0.25) is 4.79 Å². The zero-order chi connectivity index (χ0) is 10.6. The molecular weight excluding hydrogens is 178 g/mol. The fourth-order valence-electron chi connectivity index (χ4n) is 1.19. The molecule has 0 bridgehead atoms. The summed E-state index contributed by atoms with van der Waals surface area (Å²) in [5, 5.41) is 8.68. The third-order valence-corrected chi connectivity index (χ3v) is 2.27. The Morgan fingerprint density at radius 1 is 1.43 bits per heavy atom. The lowest BCUT2D eigenvalue weighted by Gasteiger charge is -2.05. The molecule has 1 atom stereocenters. The van der Waals surface area contributed by atoms with Gasteiger partial charge in [0.2, 0.25) is 0 Å². The van der Waals surface area contributed by atoms with Crippen LogP contribution in [0.4, 0.5) is 5.69 Å². The largest absolute Gasteiger partial charge is 0.481 e. The standard InChI is InChI=1S/C11H15NO2/c1-8(11(13)14)2-3-9-4-6-10(12)7-5-9/h4-8H,2-3,12H2,1H3,(H,13,14)/t8-/m0/s1. The molecule has 0 spiro atoms. The Morgan fingerprint density at radius 2 is 2.00 bits per heavy atom. The van der Waals surface area contributed by atoms with Gasteiger partial charge in [-0.1, -0.05) is 19.1 Å². The first-order chi connectivity index (χ1) is 6.59. The number of carbonyl (C=O) groups is 1. The van der Waals surface area contributed by atoms with E-state index in [9.17, 15) is 4.79 Å². The Kier molecular flexibility index (Phi) is 3.51. The Labute approximate surface area is 83.6 Å². The molecule has 0 fully saturated rings. The Morgan fingerprint density at radius 3 is 2.50 bits per heavy atom. The Bertz CT molecular complexity index is 306. The molecule has 0 saturated heterocycles. The zero-order valence-electron chi connectivity index (χ0n) is 8.23. The fraction of sp³-hybridized carbons (Fsp3) is 0.364. The van der Waals surface area contributed by atoms with E-state index in [1.54, 1.807) is 6.92 Å². The Hall–Kier alpha value is -1.51. The van der Waals surface area contributed by atoms with Crippen molar-refractivity contribution in [2.45, 2.75) is 19.8 Å². The van der Waals surface area contributed by atoms with E-state index < -0.39 is 5.97 Å². The monoisotopic (exact) mass is 193 g/mol. The van der Waals surface area contributed by atoms with E-state index >= 15 is 0 Å². The van der Waals surface area contributed by atoms with Crippen molar-refractivity contribution in [2.75, 3.05) is 5.73 Å². The SMILES string of the molecule is C[C@@H](CCc1ccc(N)cc1)C(=O)O. The highest BCUT2D eigenvalue weighted by Crippen LogP contribution is 2.11. The van der Waals surface area contributed by atoms with Crippen LogP contribution in [0.15, 0.2) is 24.3 Å². The molecule has 0 aliphatic heterocycles. The van der Waals surface area contributed by atoms with Crippen LogP contribution in [-0.4, -0.2) is 11.1 Å².